The fourth-order valence-electron chi connectivity index (χ4n) is 2.80. The number of nitrogens with one attached hydrogen (secondary N) is 1. The summed E-state index contributed by atoms with van der Waals surface area (Å²) in [6, 6.07) is 9.66. The third-order valence-electron chi connectivity index (χ3n) is 4.01. The van der Waals surface area contributed by atoms with Crippen molar-refractivity contribution in [3.8, 4) is 0 Å². The molecule has 2 rings (SSSR count). The molecule has 1 aromatic carbocycles. The Hall–Kier alpha value is -2.14. The summed E-state index contributed by atoms with van der Waals surface area (Å²) >= 11 is 0. The largest absolute Gasteiger partial charge is 0.393 e. The minimum atomic E-state index is -0.342. The summed E-state index contributed by atoms with van der Waals surface area (Å²) in [6.45, 7) is 9.07. The molecule has 2 N–H and O–H groups in total. The van der Waals surface area contributed by atoms with Crippen LogP contribution in [0.2, 0.25) is 0 Å². The van der Waals surface area contributed by atoms with Crippen LogP contribution in [-0.2, 0) is 6.54 Å². The molecular formula is C19H27N3O2. The predicted octanol–water partition coefficient (Wildman–Crippen LogP) is 2.69. The lowest BCUT2D eigenvalue weighted by atomic mass is 10.0. The molecule has 0 bridgehead atoms. The van der Waals surface area contributed by atoms with Crippen LogP contribution in [-0.4, -0.2) is 33.4 Å². The zero-order valence-corrected chi connectivity index (χ0v) is 14.9. The average Bonchev–Trinajstić information content (AvgIpc) is 2.82. The van der Waals surface area contributed by atoms with Gasteiger partial charge in [0.2, 0.25) is 0 Å². The van der Waals surface area contributed by atoms with E-state index in [0.29, 0.717) is 25.1 Å². The van der Waals surface area contributed by atoms with Crippen LogP contribution in [0.4, 0.5) is 0 Å². The highest BCUT2D eigenvalue weighted by atomic mass is 16.3. The predicted molar refractivity (Wildman–Crippen MR) is 95.0 cm³/mol. The number of carbonyl (C=O) groups excluding carboxylic acids is 1. The molecule has 0 saturated carbocycles. The number of aromatic nitrogens is 2. The molecule has 24 heavy (non-hydrogen) atoms. The van der Waals surface area contributed by atoms with Gasteiger partial charge in [-0.3, -0.25) is 9.48 Å². The monoisotopic (exact) mass is 329 g/mol. The van der Waals surface area contributed by atoms with Gasteiger partial charge in [0.1, 0.15) is 0 Å². The molecule has 1 aromatic heterocycles. The third-order valence-corrected chi connectivity index (χ3v) is 4.01. The first-order chi connectivity index (χ1) is 11.3. The van der Waals surface area contributed by atoms with E-state index in [9.17, 15) is 9.90 Å². The third kappa shape index (κ3) is 5.20. The molecule has 0 fully saturated rings. The second kappa shape index (κ2) is 8.11. The average molecular weight is 329 g/mol. The van der Waals surface area contributed by atoms with Gasteiger partial charge in [-0.1, -0.05) is 19.1 Å². The van der Waals surface area contributed by atoms with Crippen LogP contribution in [0.5, 0.6) is 0 Å². The molecule has 0 aliphatic carbocycles. The van der Waals surface area contributed by atoms with Crippen molar-refractivity contribution in [1.29, 1.82) is 0 Å². The minimum absolute atomic E-state index is 0.0786. The minimum Gasteiger partial charge on any atom is -0.393 e. The number of hydrogen-bond acceptors (Lipinski definition) is 3. The number of hydrogen-bond donors (Lipinski definition) is 2. The second-order valence-electron chi connectivity index (χ2n) is 6.68. The van der Waals surface area contributed by atoms with Gasteiger partial charge in [0.15, 0.2) is 0 Å². The molecule has 1 amide bonds. The van der Waals surface area contributed by atoms with Crippen molar-refractivity contribution in [3.63, 3.8) is 0 Å². The lowest BCUT2D eigenvalue weighted by Gasteiger charge is -2.14. The van der Waals surface area contributed by atoms with Crippen molar-refractivity contribution in [2.75, 3.05) is 6.54 Å². The van der Waals surface area contributed by atoms with Crippen molar-refractivity contribution < 1.29 is 9.90 Å². The van der Waals surface area contributed by atoms with Gasteiger partial charge in [0.25, 0.3) is 5.91 Å². The van der Waals surface area contributed by atoms with E-state index >= 15 is 0 Å². The first-order valence-electron chi connectivity index (χ1n) is 8.41. The molecule has 5 heteroatoms. The van der Waals surface area contributed by atoms with E-state index in [4.69, 9.17) is 0 Å². The van der Waals surface area contributed by atoms with Crippen LogP contribution in [0.1, 0.15) is 47.6 Å². The van der Waals surface area contributed by atoms with Crippen LogP contribution in [0.15, 0.2) is 30.3 Å². The molecule has 5 nitrogen and oxygen atoms in total. The van der Waals surface area contributed by atoms with Gasteiger partial charge in [0, 0.05) is 17.8 Å². The number of nitrogens with zero attached hydrogens (tertiary/aromatic N) is 2. The van der Waals surface area contributed by atoms with Crippen molar-refractivity contribution in [2.45, 2.75) is 46.8 Å². The fourth-order valence-corrected chi connectivity index (χ4v) is 2.80. The molecule has 2 aromatic rings. The van der Waals surface area contributed by atoms with Crippen LogP contribution in [0.3, 0.4) is 0 Å². The van der Waals surface area contributed by atoms with E-state index in [1.54, 1.807) is 6.92 Å². The molecular weight excluding hydrogens is 302 g/mol. The Kier molecular flexibility index (Phi) is 6.15. The number of aliphatic hydroxyl groups excluding tert-OH is 1. The van der Waals surface area contributed by atoms with E-state index in [1.165, 1.54) is 0 Å². The maximum Gasteiger partial charge on any atom is 0.251 e. The zero-order valence-electron chi connectivity index (χ0n) is 14.9. The zero-order chi connectivity index (χ0) is 17.7. The highest BCUT2D eigenvalue weighted by Crippen LogP contribution is 2.10. The summed E-state index contributed by atoms with van der Waals surface area (Å²) in [6.07, 6.45) is 0.340. The summed E-state index contributed by atoms with van der Waals surface area (Å²) in [5.74, 6) is 0.171. The number of rotatable bonds is 7. The molecule has 130 valence electrons. The SMILES string of the molecule is Cc1cc(C)n(Cc2ccc(C(=O)NCC(C)CC(C)O)cc2)n1. The Labute approximate surface area is 143 Å². The van der Waals surface area contributed by atoms with E-state index in [2.05, 4.69) is 16.5 Å². The molecule has 0 saturated heterocycles. The lowest BCUT2D eigenvalue weighted by molar-refractivity contribution is 0.0939. The van der Waals surface area contributed by atoms with Crippen LogP contribution in [0, 0.1) is 19.8 Å². The number of carbonyl (C=O) groups is 1. The number of aryl methyl sites for hydroxylation is 2. The van der Waals surface area contributed by atoms with E-state index in [1.807, 2.05) is 49.7 Å². The summed E-state index contributed by atoms with van der Waals surface area (Å²) in [5.41, 5.74) is 3.90. The maximum absolute atomic E-state index is 12.2. The van der Waals surface area contributed by atoms with Gasteiger partial charge in [-0.15, -0.1) is 0 Å². The fraction of sp³-hybridized carbons (Fsp3) is 0.474. The van der Waals surface area contributed by atoms with Crippen LogP contribution < -0.4 is 5.32 Å². The maximum atomic E-state index is 12.2. The molecule has 0 aliphatic heterocycles. The van der Waals surface area contributed by atoms with Crippen LogP contribution >= 0.6 is 0 Å². The summed E-state index contributed by atoms with van der Waals surface area (Å²) < 4.78 is 1.96. The number of amides is 1. The summed E-state index contributed by atoms with van der Waals surface area (Å²) in [7, 11) is 0. The first-order valence-corrected chi connectivity index (χ1v) is 8.41. The van der Waals surface area contributed by atoms with Gasteiger partial charge in [-0.05, 0) is 56.9 Å². The van der Waals surface area contributed by atoms with Gasteiger partial charge in [-0.2, -0.15) is 5.10 Å². The topological polar surface area (TPSA) is 67.2 Å². The standard InChI is InChI=1S/C19H27N3O2/c1-13(9-16(4)23)11-20-19(24)18-7-5-17(6-8-18)12-22-15(3)10-14(2)21-22/h5-8,10,13,16,23H,9,11-12H2,1-4H3,(H,20,24). The number of benzene rings is 1. The highest BCUT2D eigenvalue weighted by molar-refractivity contribution is 5.94. The Morgan fingerprint density at radius 1 is 1.25 bits per heavy atom. The van der Waals surface area contributed by atoms with Crippen LogP contribution in [0.25, 0.3) is 0 Å². The molecule has 0 spiro atoms. The first kappa shape index (κ1) is 18.2. The Bertz CT molecular complexity index is 674. The molecule has 2 unspecified atom stereocenters. The van der Waals surface area contributed by atoms with Gasteiger partial charge in [-0.25, -0.2) is 0 Å². The summed E-state index contributed by atoms with van der Waals surface area (Å²) in [5, 5.41) is 16.7. The van der Waals surface area contributed by atoms with E-state index < -0.39 is 0 Å². The lowest BCUT2D eigenvalue weighted by Crippen LogP contribution is -2.29. The van der Waals surface area contributed by atoms with Gasteiger partial charge >= 0.3 is 0 Å². The van der Waals surface area contributed by atoms with Crippen molar-refractivity contribution >= 4 is 5.91 Å². The van der Waals surface area contributed by atoms with Crippen molar-refractivity contribution in [1.82, 2.24) is 15.1 Å². The molecule has 2 atom stereocenters. The van der Waals surface area contributed by atoms with E-state index in [0.717, 1.165) is 17.0 Å². The Morgan fingerprint density at radius 2 is 1.92 bits per heavy atom. The van der Waals surface area contributed by atoms with Crippen molar-refractivity contribution in [2.24, 2.45) is 5.92 Å². The van der Waals surface area contributed by atoms with Gasteiger partial charge in [0.05, 0.1) is 18.3 Å². The normalized spacial score (nSPS) is 13.5. The van der Waals surface area contributed by atoms with E-state index in [-0.39, 0.29) is 17.9 Å². The second-order valence-corrected chi connectivity index (χ2v) is 6.68. The molecule has 0 aliphatic rings. The van der Waals surface area contributed by atoms with Gasteiger partial charge < -0.3 is 10.4 Å². The number of aliphatic hydroxyl groups is 1. The highest BCUT2D eigenvalue weighted by Gasteiger charge is 2.10. The smallest absolute Gasteiger partial charge is 0.251 e. The quantitative estimate of drug-likeness (QED) is 0.821. The Balaban J connectivity index is 1.91. The summed E-state index contributed by atoms with van der Waals surface area (Å²) in [4.78, 5) is 12.2. The van der Waals surface area contributed by atoms with Crippen molar-refractivity contribution in [3.05, 3.63) is 52.8 Å². The molecule has 0 radical (unpaired) electrons. The Morgan fingerprint density at radius 3 is 2.46 bits per heavy atom. The molecule has 1 heterocycles.